The molecule has 4 nitrogen and oxygen atoms in total. The van der Waals surface area contributed by atoms with Crippen molar-refractivity contribution in [1.29, 1.82) is 0 Å². The maximum Gasteiger partial charge on any atom is 0.305 e. The number of carboxylic acid groups (broad SMARTS) is 1. The van der Waals surface area contributed by atoms with Gasteiger partial charge >= 0.3 is 5.97 Å². The van der Waals surface area contributed by atoms with Crippen LogP contribution in [0.3, 0.4) is 0 Å². The molecule has 0 aliphatic rings. The third-order valence-corrected chi connectivity index (χ3v) is 1.38. The van der Waals surface area contributed by atoms with Gasteiger partial charge in [0.1, 0.15) is 0 Å². The average Bonchev–Trinajstić information content (AvgIpc) is 2.33. The first-order chi connectivity index (χ1) is 5.61. The Morgan fingerprint density at radius 3 is 2.92 bits per heavy atom. The Kier molecular flexibility index (Phi) is 2.44. The lowest BCUT2D eigenvalue weighted by molar-refractivity contribution is -0.137. The van der Waals surface area contributed by atoms with Crippen LogP contribution < -0.4 is 5.73 Å². The molecule has 0 saturated carbocycles. The molecule has 0 amide bonds. The lowest BCUT2D eigenvalue weighted by Crippen LogP contribution is -2.15. The third-order valence-electron chi connectivity index (χ3n) is 1.38. The van der Waals surface area contributed by atoms with Crippen molar-refractivity contribution >= 4 is 5.97 Å². The van der Waals surface area contributed by atoms with E-state index in [9.17, 15) is 9.18 Å². The van der Waals surface area contributed by atoms with Crippen molar-refractivity contribution in [3.8, 4) is 0 Å². The largest absolute Gasteiger partial charge is 0.481 e. The van der Waals surface area contributed by atoms with Crippen LogP contribution in [0.4, 0.5) is 4.39 Å². The van der Waals surface area contributed by atoms with Gasteiger partial charge in [-0.05, 0) is 0 Å². The lowest BCUT2D eigenvalue weighted by Gasteiger charge is -2.03. The smallest absolute Gasteiger partial charge is 0.305 e. The summed E-state index contributed by atoms with van der Waals surface area (Å²) in [6.07, 6.45) is 0.789. The van der Waals surface area contributed by atoms with Crippen LogP contribution in [0.25, 0.3) is 0 Å². The molecule has 0 fully saturated rings. The van der Waals surface area contributed by atoms with Crippen LogP contribution in [0.1, 0.15) is 18.2 Å². The Bertz CT molecular complexity index is 284. The second-order valence-electron chi connectivity index (χ2n) is 2.34. The molecule has 0 bridgehead atoms. The first-order valence-electron chi connectivity index (χ1n) is 3.31. The molecule has 5 heteroatoms. The van der Waals surface area contributed by atoms with Crippen LogP contribution in [0.5, 0.6) is 0 Å². The molecule has 0 aliphatic heterocycles. The standard InChI is InChI=1S/C7H8FNO3/c8-4-1-2-12-7(4)5(9)3-6(10)11/h1-2,5H,3,9H2,(H,10,11)/t5-/m1/s1. The second-order valence-corrected chi connectivity index (χ2v) is 2.34. The van der Waals surface area contributed by atoms with E-state index < -0.39 is 17.8 Å². The summed E-state index contributed by atoms with van der Waals surface area (Å²) in [5.41, 5.74) is 5.33. The van der Waals surface area contributed by atoms with E-state index in [2.05, 4.69) is 4.42 Å². The molecule has 0 spiro atoms. The van der Waals surface area contributed by atoms with E-state index in [4.69, 9.17) is 10.8 Å². The maximum absolute atomic E-state index is 12.7. The molecule has 0 aromatic carbocycles. The Labute approximate surface area is 67.8 Å². The monoisotopic (exact) mass is 173 g/mol. The van der Waals surface area contributed by atoms with Crippen LogP contribution in [0, 0.1) is 5.82 Å². The molecule has 1 aromatic heterocycles. The molecular weight excluding hydrogens is 165 g/mol. The fourth-order valence-electron chi connectivity index (χ4n) is 0.851. The summed E-state index contributed by atoms with van der Waals surface area (Å²) in [6.45, 7) is 0. The van der Waals surface area contributed by atoms with Crippen molar-refractivity contribution < 1.29 is 18.7 Å². The van der Waals surface area contributed by atoms with Crippen LogP contribution in [0.2, 0.25) is 0 Å². The van der Waals surface area contributed by atoms with Gasteiger partial charge < -0.3 is 15.3 Å². The number of rotatable bonds is 3. The van der Waals surface area contributed by atoms with Crippen LogP contribution in [0.15, 0.2) is 16.7 Å². The van der Waals surface area contributed by atoms with Crippen molar-refractivity contribution in [2.45, 2.75) is 12.5 Å². The summed E-state index contributed by atoms with van der Waals surface area (Å²) in [4.78, 5) is 10.2. The molecule has 1 aromatic rings. The number of furan rings is 1. The minimum Gasteiger partial charge on any atom is -0.481 e. The minimum absolute atomic E-state index is 0.114. The van der Waals surface area contributed by atoms with Gasteiger partial charge in [0.25, 0.3) is 0 Å². The first kappa shape index (κ1) is 8.73. The van der Waals surface area contributed by atoms with Crippen molar-refractivity contribution in [3.05, 3.63) is 23.9 Å². The highest BCUT2D eigenvalue weighted by Gasteiger charge is 2.17. The van der Waals surface area contributed by atoms with Gasteiger partial charge in [-0.3, -0.25) is 4.79 Å². The third kappa shape index (κ3) is 1.82. The first-order valence-corrected chi connectivity index (χ1v) is 3.31. The van der Waals surface area contributed by atoms with Gasteiger partial charge in [0, 0.05) is 6.07 Å². The van der Waals surface area contributed by atoms with Crippen molar-refractivity contribution in [1.82, 2.24) is 0 Å². The topological polar surface area (TPSA) is 76.5 Å². The highest BCUT2D eigenvalue weighted by molar-refractivity contribution is 5.67. The Morgan fingerprint density at radius 1 is 1.83 bits per heavy atom. The van der Waals surface area contributed by atoms with Gasteiger partial charge in [-0.15, -0.1) is 0 Å². The van der Waals surface area contributed by atoms with Gasteiger partial charge in [-0.1, -0.05) is 0 Å². The molecule has 1 heterocycles. The molecule has 66 valence electrons. The van der Waals surface area contributed by atoms with Crippen molar-refractivity contribution in [2.24, 2.45) is 5.73 Å². The molecule has 1 atom stereocenters. The van der Waals surface area contributed by atoms with E-state index in [1.165, 1.54) is 0 Å². The van der Waals surface area contributed by atoms with E-state index in [0.29, 0.717) is 0 Å². The fourth-order valence-corrected chi connectivity index (χ4v) is 0.851. The summed E-state index contributed by atoms with van der Waals surface area (Å²) in [5, 5.41) is 8.33. The second kappa shape index (κ2) is 3.36. The van der Waals surface area contributed by atoms with Crippen LogP contribution >= 0.6 is 0 Å². The zero-order chi connectivity index (χ0) is 9.14. The summed E-state index contributed by atoms with van der Waals surface area (Å²) >= 11 is 0. The normalized spacial score (nSPS) is 12.8. The van der Waals surface area contributed by atoms with E-state index in [0.717, 1.165) is 12.3 Å². The van der Waals surface area contributed by atoms with Crippen LogP contribution in [-0.2, 0) is 4.79 Å². The lowest BCUT2D eigenvalue weighted by atomic mass is 10.2. The fraction of sp³-hybridized carbons (Fsp3) is 0.286. The maximum atomic E-state index is 12.7. The molecule has 1 rings (SSSR count). The van der Waals surface area contributed by atoms with Gasteiger partial charge in [0.2, 0.25) is 0 Å². The van der Waals surface area contributed by atoms with E-state index >= 15 is 0 Å². The molecule has 3 N–H and O–H groups in total. The van der Waals surface area contributed by atoms with Crippen molar-refractivity contribution in [2.75, 3.05) is 0 Å². The number of carbonyl (C=O) groups is 1. The molecule has 0 unspecified atom stereocenters. The summed E-state index contributed by atoms with van der Waals surface area (Å²) in [7, 11) is 0. The predicted molar refractivity (Wildman–Crippen MR) is 37.8 cm³/mol. The Hall–Kier alpha value is -1.36. The zero-order valence-corrected chi connectivity index (χ0v) is 6.16. The van der Waals surface area contributed by atoms with Gasteiger partial charge in [0.05, 0.1) is 18.7 Å². The minimum atomic E-state index is -1.08. The molecule has 12 heavy (non-hydrogen) atoms. The Morgan fingerprint density at radius 2 is 2.50 bits per heavy atom. The van der Waals surface area contributed by atoms with Gasteiger partial charge in [-0.2, -0.15) is 0 Å². The summed E-state index contributed by atoms with van der Waals surface area (Å²) in [5.74, 6) is -1.81. The summed E-state index contributed by atoms with van der Waals surface area (Å²) < 4.78 is 17.3. The quantitative estimate of drug-likeness (QED) is 0.711. The number of nitrogens with two attached hydrogens (primary N) is 1. The molecule has 0 saturated heterocycles. The number of carboxylic acids is 1. The van der Waals surface area contributed by atoms with E-state index in [1.54, 1.807) is 0 Å². The molecular formula is C7H8FNO3. The number of hydrogen-bond donors (Lipinski definition) is 2. The zero-order valence-electron chi connectivity index (χ0n) is 6.16. The number of hydrogen-bond acceptors (Lipinski definition) is 3. The average molecular weight is 173 g/mol. The van der Waals surface area contributed by atoms with Gasteiger partial charge in [-0.25, -0.2) is 4.39 Å². The van der Waals surface area contributed by atoms with Gasteiger partial charge in [0.15, 0.2) is 11.6 Å². The van der Waals surface area contributed by atoms with Crippen molar-refractivity contribution in [3.63, 3.8) is 0 Å². The van der Waals surface area contributed by atoms with Crippen LogP contribution in [-0.4, -0.2) is 11.1 Å². The molecule has 0 aliphatic carbocycles. The van der Waals surface area contributed by atoms with E-state index in [-0.39, 0.29) is 12.2 Å². The SMILES string of the molecule is N[C@H](CC(=O)O)c1occc1F. The number of aliphatic carboxylic acids is 1. The van der Waals surface area contributed by atoms with E-state index in [1.807, 2.05) is 0 Å². The Balaban J connectivity index is 2.71. The summed E-state index contributed by atoms with van der Waals surface area (Å²) in [6, 6.07) is 0.175. The number of halogens is 1. The highest BCUT2D eigenvalue weighted by atomic mass is 19.1. The molecule has 0 radical (unpaired) electrons. The highest BCUT2D eigenvalue weighted by Crippen LogP contribution is 2.18. The predicted octanol–water partition coefficient (Wildman–Crippen LogP) is 0.893.